The summed E-state index contributed by atoms with van der Waals surface area (Å²) in [6, 6.07) is 15.4. The molecule has 0 aliphatic heterocycles. The molecular weight excluding hydrogens is 234 g/mol. The van der Waals surface area contributed by atoms with Gasteiger partial charge in [0, 0.05) is 24.8 Å². The van der Waals surface area contributed by atoms with E-state index in [9.17, 15) is 5.11 Å². The Balaban J connectivity index is 2.19. The van der Waals surface area contributed by atoms with Gasteiger partial charge < -0.3 is 10.0 Å². The molecule has 2 aromatic rings. The molecule has 17 heavy (non-hydrogen) atoms. The molecule has 0 amide bonds. The number of hydrogen-bond donors (Lipinski definition) is 1. The van der Waals surface area contributed by atoms with Gasteiger partial charge in [0.15, 0.2) is 0 Å². The number of anilines is 1. The van der Waals surface area contributed by atoms with Crippen LogP contribution in [-0.4, -0.2) is 12.2 Å². The molecule has 0 fully saturated rings. The van der Waals surface area contributed by atoms with Gasteiger partial charge in [0.2, 0.25) is 0 Å². The molecule has 88 valence electrons. The van der Waals surface area contributed by atoms with Gasteiger partial charge in [-0.25, -0.2) is 0 Å². The van der Waals surface area contributed by atoms with E-state index in [0.29, 0.717) is 11.6 Å². The predicted octanol–water partition coefficient (Wildman–Crippen LogP) is 3.68. The van der Waals surface area contributed by atoms with E-state index in [-0.39, 0.29) is 5.75 Å². The maximum Gasteiger partial charge on any atom is 0.139 e. The van der Waals surface area contributed by atoms with Crippen molar-refractivity contribution >= 4 is 17.3 Å². The molecule has 2 nitrogen and oxygen atoms in total. The first kappa shape index (κ1) is 11.8. The fourth-order valence-corrected chi connectivity index (χ4v) is 1.91. The molecule has 3 heteroatoms. The third-order valence-electron chi connectivity index (χ3n) is 2.67. The van der Waals surface area contributed by atoms with Crippen molar-refractivity contribution in [1.82, 2.24) is 0 Å². The molecule has 0 heterocycles. The number of rotatable bonds is 3. The van der Waals surface area contributed by atoms with Crippen LogP contribution in [-0.2, 0) is 6.54 Å². The van der Waals surface area contributed by atoms with Crippen LogP contribution in [0, 0.1) is 0 Å². The molecule has 2 aromatic carbocycles. The van der Waals surface area contributed by atoms with Crippen molar-refractivity contribution in [3.8, 4) is 5.75 Å². The molecular formula is C14H14ClNO. The van der Waals surface area contributed by atoms with E-state index < -0.39 is 0 Å². The summed E-state index contributed by atoms with van der Waals surface area (Å²) in [5.41, 5.74) is 1.93. The quantitative estimate of drug-likeness (QED) is 0.894. The molecule has 0 aliphatic carbocycles. The molecule has 0 saturated heterocycles. The zero-order valence-electron chi connectivity index (χ0n) is 9.60. The van der Waals surface area contributed by atoms with Crippen molar-refractivity contribution in [2.75, 3.05) is 11.9 Å². The van der Waals surface area contributed by atoms with Crippen LogP contribution in [0.4, 0.5) is 5.69 Å². The lowest BCUT2D eigenvalue weighted by Gasteiger charge is -2.20. The smallest absolute Gasteiger partial charge is 0.139 e. The molecule has 0 saturated carbocycles. The van der Waals surface area contributed by atoms with Gasteiger partial charge in [0.1, 0.15) is 5.75 Å². The molecule has 0 bridgehead atoms. The maximum absolute atomic E-state index is 9.83. The molecule has 2 rings (SSSR count). The van der Waals surface area contributed by atoms with Gasteiger partial charge in [-0.15, -0.1) is 0 Å². The SMILES string of the molecule is CN(Cc1cccc(Cl)c1O)c1ccccc1. The highest BCUT2D eigenvalue weighted by Gasteiger charge is 2.08. The van der Waals surface area contributed by atoms with Crippen molar-refractivity contribution in [3.05, 3.63) is 59.1 Å². The first-order valence-electron chi connectivity index (χ1n) is 5.41. The second kappa shape index (κ2) is 5.11. The van der Waals surface area contributed by atoms with Crippen molar-refractivity contribution in [1.29, 1.82) is 0 Å². The van der Waals surface area contributed by atoms with Crippen LogP contribution in [0.5, 0.6) is 5.75 Å². The first-order valence-corrected chi connectivity index (χ1v) is 5.79. The summed E-state index contributed by atoms with van der Waals surface area (Å²) in [7, 11) is 1.98. The minimum absolute atomic E-state index is 0.164. The summed E-state index contributed by atoms with van der Waals surface area (Å²) in [4.78, 5) is 2.06. The van der Waals surface area contributed by atoms with Crippen LogP contribution in [0.1, 0.15) is 5.56 Å². The largest absolute Gasteiger partial charge is 0.506 e. The third kappa shape index (κ3) is 2.71. The number of benzene rings is 2. The maximum atomic E-state index is 9.83. The lowest BCUT2D eigenvalue weighted by atomic mass is 10.2. The van der Waals surface area contributed by atoms with E-state index in [4.69, 9.17) is 11.6 Å². The number of phenols is 1. The zero-order valence-corrected chi connectivity index (χ0v) is 10.4. The molecule has 0 spiro atoms. The van der Waals surface area contributed by atoms with E-state index >= 15 is 0 Å². The fourth-order valence-electron chi connectivity index (χ4n) is 1.72. The van der Waals surface area contributed by atoms with Gasteiger partial charge in [-0.2, -0.15) is 0 Å². The highest BCUT2D eigenvalue weighted by molar-refractivity contribution is 6.32. The van der Waals surface area contributed by atoms with Crippen LogP contribution >= 0.6 is 11.6 Å². The number of phenolic OH excluding ortho intramolecular Hbond substituents is 1. The number of hydrogen-bond acceptors (Lipinski definition) is 2. The van der Waals surface area contributed by atoms with E-state index in [0.717, 1.165) is 11.3 Å². The number of aromatic hydroxyl groups is 1. The Kier molecular flexibility index (Phi) is 3.55. The summed E-state index contributed by atoms with van der Waals surface area (Å²) in [6.45, 7) is 0.621. The van der Waals surface area contributed by atoms with Crippen molar-refractivity contribution < 1.29 is 5.11 Å². The summed E-state index contributed by atoms with van der Waals surface area (Å²) < 4.78 is 0. The standard InChI is InChI=1S/C14H14ClNO/c1-16(12-7-3-2-4-8-12)10-11-6-5-9-13(15)14(11)17/h2-9,17H,10H2,1H3. The van der Waals surface area contributed by atoms with Crippen molar-refractivity contribution in [2.24, 2.45) is 0 Å². The Hall–Kier alpha value is -1.67. The van der Waals surface area contributed by atoms with Gasteiger partial charge in [0.05, 0.1) is 5.02 Å². The summed E-state index contributed by atoms with van der Waals surface area (Å²) in [5.74, 6) is 0.164. The monoisotopic (exact) mass is 247 g/mol. The Morgan fingerprint density at radius 1 is 1.06 bits per heavy atom. The lowest BCUT2D eigenvalue weighted by Crippen LogP contribution is -2.16. The molecule has 0 aromatic heterocycles. The second-order valence-corrected chi connectivity index (χ2v) is 4.35. The molecule has 0 radical (unpaired) electrons. The van der Waals surface area contributed by atoms with Crippen LogP contribution in [0.25, 0.3) is 0 Å². The molecule has 0 aliphatic rings. The van der Waals surface area contributed by atoms with Crippen molar-refractivity contribution in [3.63, 3.8) is 0 Å². The van der Waals surface area contributed by atoms with Gasteiger partial charge in [0.25, 0.3) is 0 Å². The van der Waals surface area contributed by atoms with Crippen LogP contribution in [0.3, 0.4) is 0 Å². The normalized spacial score (nSPS) is 10.2. The molecule has 0 unspecified atom stereocenters. The van der Waals surface area contributed by atoms with Gasteiger partial charge in [-0.1, -0.05) is 41.9 Å². The van der Waals surface area contributed by atoms with Crippen molar-refractivity contribution in [2.45, 2.75) is 6.54 Å². The Morgan fingerprint density at radius 2 is 1.76 bits per heavy atom. The highest BCUT2D eigenvalue weighted by Crippen LogP contribution is 2.28. The van der Waals surface area contributed by atoms with E-state index in [2.05, 4.69) is 4.90 Å². The second-order valence-electron chi connectivity index (χ2n) is 3.94. The van der Waals surface area contributed by atoms with Crippen LogP contribution < -0.4 is 4.90 Å². The summed E-state index contributed by atoms with van der Waals surface area (Å²) >= 11 is 5.87. The Bertz CT molecular complexity index is 499. The predicted molar refractivity (Wildman–Crippen MR) is 71.7 cm³/mol. The zero-order chi connectivity index (χ0) is 12.3. The van der Waals surface area contributed by atoms with Crippen LogP contribution in [0.15, 0.2) is 48.5 Å². The van der Waals surface area contributed by atoms with Gasteiger partial charge in [-0.3, -0.25) is 0 Å². The van der Waals surface area contributed by atoms with E-state index in [1.807, 2.05) is 49.5 Å². The minimum atomic E-state index is 0.164. The fraction of sp³-hybridized carbons (Fsp3) is 0.143. The Labute approximate surface area is 106 Å². The molecule has 1 N–H and O–H groups in total. The van der Waals surface area contributed by atoms with Crippen LogP contribution in [0.2, 0.25) is 5.02 Å². The third-order valence-corrected chi connectivity index (χ3v) is 2.98. The highest BCUT2D eigenvalue weighted by atomic mass is 35.5. The van der Waals surface area contributed by atoms with Gasteiger partial charge in [-0.05, 0) is 18.2 Å². The van der Waals surface area contributed by atoms with E-state index in [1.54, 1.807) is 6.07 Å². The average molecular weight is 248 g/mol. The first-order chi connectivity index (χ1) is 8.18. The minimum Gasteiger partial charge on any atom is -0.506 e. The average Bonchev–Trinajstić information content (AvgIpc) is 2.36. The lowest BCUT2D eigenvalue weighted by molar-refractivity contribution is 0.468. The van der Waals surface area contributed by atoms with E-state index in [1.165, 1.54) is 0 Å². The van der Waals surface area contributed by atoms with Gasteiger partial charge >= 0.3 is 0 Å². The summed E-state index contributed by atoms with van der Waals surface area (Å²) in [6.07, 6.45) is 0. The number of nitrogens with zero attached hydrogens (tertiary/aromatic N) is 1. The summed E-state index contributed by atoms with van der Waals surface area (Å²) in [5, 5.41) is 10.2. The Morgan fingerprint density at radius 3 is 2.47 bits per heavy atom. The molecule has 0 atom stereocenters. The number of para-hydroxylation sites is 2. The topological polar surface area (TPSA) is 23.5 Å². The number of halogens is 1.